The lowest BCUT2D eigenvalue weighted by Crippen LogP contribution is -2.11. The quantitative estimate of drug-likeness (QED) is 0.488. The monoisotopic (exact) mass is 361 g/mol. The van der Waals surface area contributed by atoms with Gasteiger partial charge in [0.05, 0.1) is 16.2 Å². The number of nitrogen functional groups attached to an aromatic ring is 1. The minimum absolute atomic E-state index is 0.665. The summed E-state index contributed by atoms with van der Waals surface area (Å²) in [5.41, 5.74) is 6.59. The van der Waals surface area contributed by atoms with Crippen molar-refractivity contribution in [2.24, 2.45) is 5.84 Å². The molecule has 0 spiro atoms. The fourth-order valence-corrected chi connectivity index (χ4v) is 3.03. The van der Waals surface area contributed by atoms with Crippen molar-refractivity contribution in [1.82, 2.24) is 4.98 Å². The van der Waals surface area contributed by atoms with Crippen LogP contribution in [0.2, 0.25) is 5.02 Å². The number of hydrogen-bond acceptors (Lipinski definition) is 3. The Kier molecular flexibility index (Phi) is 3.75. The van der Waals surface area contributed by atoms with Gasteiger partial charge in [0.1, 0.15) is 0 Å². The van der Waals surface area contributed by atoms with E-state index in [0.717, 1.165) is 37.8 Å². The highest BCUT2D eigenvalue weighted by atomic mass is 127. The number of hydrazine groups is 1. The molecule has 0 atom stereocenters. The minimum atomic E-state index is 0.665. The predicted octanol–water partition coefficient (Wildman–Crippen LogP) is 3.65. The molecule has 5 heteroatoms. The normalized spacial score (nSPS) is 10.9. The number of halogens is 2. The maximum Gasteiger partial charge on any atom is 0.0913 e. The van der Waals surface area contributed by atoms with E-state index < -0.39 is 0 Å². The second-order valence-electron chi connectivity index (χ2n) is 3.84. The number of pyridine rings is 1. The molecular weight excluding hydrogens is 349 g/mol. The molecule has 0 bridgehead atoms. The van der Waals surface area contributed by atoms with Gasteiger partial charge in [0.15, 0.2) is 0 Å². The Balaban J connectivity index is 2.92. The summed E-state index contributed by atoms with van der Waals surface area (Å²) in [5, 5.41) is 1.64. The first-order valence-electron chi connectivity index (χ1n) is 5.33. The predicted molar refractivity (Wildman–Crippen MR) is 81.4 cm³/mol. The smallest absolute Gasteiger partial charge is 0.0913 e. The molecule has 17 heavy (non-hydrogen) atoms. The molecule has 2 aromatic rings. The number of nitrogens with one attached hydrogen (secondary N) is 1. The summed E-state index contributed by atoms with van der Waals surface area (Å²) < 4.78 is 1.07. The van der Waals surface area contributed by atoms with Crippen molar-refractivity contribution in [3.63, 3.8) is 0 Å². The van der Waals surface area contributed by atoms with E-state index in [1.54, 1.807) is 0 Å². The van der Waals surface area contributed by atoms with Gasteiger partial charge in [-0.1, -0.05) is 18.5 Å². The molecule has 3 nitrogen and oxygen atoms in total. The van der Waals surface area contributed by atoms with Gasteiger partial charge in [-0.3, -0.25) is 10.8 Å². The number of nitrogens with two attached hydrogens (primary N) is 1. The van der Waals surface area contributed by atoms with Crippen LogP contribution in [0.1, 0.15) is 18.2 Å². The fraction of sp³-hybridized carbons (Fsp3) is 0.250. The average molecular weight is 362 g/mol. The van der Waals surface area contributed by atoms with Crippen molar-refractivity contribution in [2.45, 2.75) is 20.3 Å². The maximum atomic E-state index is 6.24. The van der Waals surface area contributed by atoms with E-state index in [1.165, 1.54) is 0 Å². The number of nitrogens with zero attached hydrogens (tertiary/aromatic N) is 1. The average Bonchev–Trinajstić information content (AvgIpc) is 2.28. The van der Waals surface area contributed by atoms with Gasteiger partial charge >= 0.3 is 0 Å². The summed E-state index contributed by atoms with van der Waals surface area (Å²) in [6.45, 7) is 4.09. The molecule has 0 radical (unpaired) electrons. The Morgan fingerprint density at radius 3 is 2.76 bits per heavy atom. The van der Waals surface area contributed by atoms with Crippen LogP contribution in [0.25, 0.3) is 10.9 Å². The number of benzene rings is 1. The first kappa shape index (κ1) is 12.9. The molecular formula is C12H13ClIN3. The maximum absolute atomic E-state index is 6.24. The van der Waals surface area contributed by atoms with Crippen molar-refractivity contribution in [3.05, 3.63) is 32.0 Å². The van der Waals surface area contributed by atoms with Crippen LogP contribution in [0, 0.1) is 10.5 Å². The molecule has 0 aliphatic carbocycles. The van der Waals surface area contributed by atoms with Gasteiger partial charge in [-0.2, -0.15) is 0 Å². The van der Waals surface area contributed by atoms with Crippen molar-refractivity contribution < 1.29 is 0 Å². The zero-order valence-corrected chi connectivity index (χ0v) is 12.6. The van der Waals surface area contributed by atoms with Gasteiger partial charge in [0, 0.05) is 14.7 Å². The largest absolute Gasteiger partial charge is 0.323 e. The highest BCUT2D eigenvalue weighted by molar-refractivity contribution is 14.1. The lowest BCUT2D eigenvalue weighted by Gasteiger charge is -2.14. The van der Waals surface area contributed by atoms with E-state index >= 15 is 0 Å². The first-order valence-corrected chi connectivity index (χ1v) is 6.79. The van der Waals surface area contributed by atoms with E-state index in [2.05, 4.69) is 39.9 Å². The van der Waals surface area contributed by atoms with Crippen LogP contribution in [-0.2, 0) is 6.42 Å². The number of anilines is 1. The topological polar surface area (TPSA) is 50.9 Å². The fourth-order valence-electron chi connectivity index (χ4n) is 1.97. The zero-order chi connectivity index (χ0) is 12.6. The Labute approximate surface area is 119 Å². The van der Waals surface area contributed by atoms with E-state index in [4.69, 9.17) is 17.4 Å². The van der Waals surface area contributed by atoms with Crippen molar-refractivity contribution >= 4 is 50.8 Å². The highest BCUT2D eigenvalue weighted by Crippen LogP contribution is 2.33. The Morgan fingerprint density at radius 1 is 1.47 bits per heavy atom. The Morgan fingerprint density at radius 2 is 2.18 bits per heavy atom. The van der Waals surface area contributed by atoms with E-state index in [0.29, 0.717) is 5.02 Å². The molecule has 1 aromatic heterocycles. The third kappa shape index (κ3) is 2.21. The van der Waals surface area contributed by atoms with E-state index in [1.807, 2.05) is 19.1 Å². The van der Waals surface area contributed by atoms with Crippen LogP contribution in [0.15, 0.2) is 12.1 Å². The third-order valence-electron chi connectivity index (χ3n) is 2.83. The summed E-state index contributed by atoms with van der Waals surface area (Å²) in [5.74, 6) is 5.62. The SMILES string of the molecule is CCc1nc2c(Cl)cc(I)cc2c(NN)c1C. The molecule has 1 aromatic carbocycles. The third-order valence-corrected chi connectivity index (χ3v) is 3.74. The van der Waals surface area contributed by atoms with Gasteiger partial charge in [-0.15, -0.1) is 0 Å². The molecule has 0 saturated heterocycles. The zero-order valence-electron chi connectivity index (χ0n) is 9.64. The van der Waals surface area contributed by atoms with Crippen LogP contribution in [-0.4, -0.2) is 4.98 Å². The molecule has 0 fully saturated rings. The number of rotatable bonds is 2. The van der Waals surface area contributed by atoms with E-state index in [-0.39, 0.29) is 0 Å². The minimum Gasteiger partial charge on any atom is -0.323 e. The summed E-state index contributed by atoms with van der Waals surface area (Å²) in [4.78, 5) is 4.61. The van der Waals surface area contributed by atoms with Gasteiger partial charge in [0.2, 0.25) is 0 Å². The van der Waals surface area contributed by atoms with Gasteiger partial charge < -0.3 is 5.43 Å². The lowest BCUT2D eigenvalue weighted by atomic mass is 10.1. The van der Waals surface area contributed by atoms with Crippen LogP contribution in [0.5, 0.6) is 0 Å². The van der Waals surface area contributed by atoms with E-state index in [9.17, 15) is 0 Å². The Hall–Kier alpha value is -0.590. The Bertz CT molecular complexity index is 584. The molecule has 0 unspecified atom stereocenters. The van der Waals surface area contributed by atoms with Gasteiger partial charge in [-0.05, 0) is 53.6 Å². The molecule has 0 saturated carbocycles. The molecule has 2 rings (SSSR count). The molecule has 0 aliphatic rings. The number of fused-ring (bicyclic) bond motifs is 1. The summed E-state index contributed by atoms with van der Waals surface area (Å²) in [6, 6.07) is 3.95. The van der Waals surface area contributed by atoms with Crippen molar-refractivity contribution in [3.8, 4) is 0 Å². The standard InChI is InChI=1S/C12H13ClIN3/c1-3-10-6(2)11(17-15)8-4-7(14)5-9(13)12(8)16-10/h4-5H,3,15H2,1-2H3,(H,16,17). The highest BCUT2D eigenvalue weighted by Gasteiger charge is 2.12. The van der Waals surface area contributed by atoms with Gasteiger partial charge in [-0.25, -0.2) is 0 Å². The molecule has 3 N–H and O–H groups in total. The van der Waals surface area contributed by atoms with Crippen LogP contribution in [0.3, 0.4) is 0 Å². The molecule has 0 amide bonds. The van der Waals surface area contributed by atoms with Gasteiger partial charge in [0.25, 0.3) is 0 Å². The second-order valence-corrected chi connectivity index (χ2v) is 5.49. The van der Waals surface area contributed by atoms with Crippen molar-refractivity contribution in [1.29, 1.82) is 0 Å². The van der Waals surface area contributed by atoms with Crippen molar-refractivity contribution in [2.75, 3.05) is 5.43 Å². The number of aryl methyl sites for hydroxylation is 1. The number of hydrogen-bond donors (Lipinski definition) is 2. The van der Waals surface area contributed by atoms with Crippen LogP contribution in [0.4, 0.5) is 5.69 Å². The lowest BCUT2D eigenvalue weighted by molar-refractivity contribution is 1.03. The van der Waals surface area contributed by atoms with Crippen LogP contribution >= 0.6 is 34.2 Å². The van der Waals surface area contributed by atoms with Crippen LogP contribution < -0.4 is 11.3 Å². The first-order chi connectivity index (χ1) is 8.08. The summed E-state index contributed by atoms with van der Waals surface area (Å²) >= 11 is 8.47. The second kappa shape index (κ2) is 4.96. The summed E-state index contributed by atoms with van der Waals surface area (Å²) in [6.07, 6.45) is 0.860. The summed E-state index contributed by atoms with van der Waals surface area (Å²) in [7, 11) is 0. The number of aromatic nitrogens is 1. The molecule has 0 aliphatic heterocycles. The molecule has 90 valence electrons. The molecule has 1 heterocycles.